The zero-order chi connectivity index (χ0) is 10.7. The van der Waals surface area contributed by atoms with Crippen LogP contribution in [0.2, 0.25) is 0 Å². The second-order valence-corrected chi connectivity index (χ2v) is 2.53. The van der Waals surface area contributed by atoms with Crippen molar-refractivity contribution in [1.29, 1.82) is 10.7 Å². The van der Waals surface area contributed by atoms with E-state index in [1.165, 1.54) is 0 Å². The lowest BCUT2D eigenvalue weighted by molar-refractivity contribution is 1.41. The first-order valence-corrected chi connectivity index (χ1v) is 3.62. The first kappa shape index (κ1) is 9.49. The molecule has 1 N–H and O–H groups in total. The first-order chi connectivity index (χ1) is 6.71. The molecule has 0 bridgehead atoms. The Morgan fingerprint density at radius 1 is 1.29 bits per heavy atom. The van der Waals surface area contributed by atoms with Crippen LogP contribution in [0.15, 0.2) is 28.1 Å². The van der Waals surface area contributed by atoms with Gasteiger partial charge in [0.2, 0.25) is 5.70 Å². The molecule has 0 heterocycles. The van der Waals surface area contributed by atoms with E-state index in [2.05, 4.69) is 15.6 Å². The number of nitriles is 1. The molecule has 64 valence electrons. The average molecular weight is 180 g/mol. The summed E-state index contributed by atoms with van der Waals surface area (Å²) in [5.41, 5.74) is 1.02. The summed E-state index contributed by atoms with van der Waals surface area (Å²) in [6, 6.07) is 1.82. The van der Waals surface area contributed by atoms with Gasteiger partial charge in [-0.05, 0) is 18.4 Å². The molecule has 0 unspecified atom stereocenters. The largest absolute Gasteiger partial charge is 0.258 e. The predicted molar refractivity (Wildman–Crippen MR) is 49.8 cm³/mol. The first-order valence-electron chi connectivity index (χ1n) is 3.62. The summed E-state index contributed by atoms with van der Waals surface area (Å²) in [5.74, 6) is 2.09. The fourth-order valence-electron chi connectivity index (χ4n) is 1.23. The molecule has 4 nitrogen and oxygen atoms in total. The molecular formula is C10H4N4. The van der Waals surface area contributed by atoms with E-state index in [1.54, 1.807) is 6.92 Å². The molecule has 0 aromatic rings. The van der Waals surface area contributed by atoms with Crippen molar-refractivity contribution >= 4 is 5.87 Å². The van der Waals surface area contributed by atoms with Gasteiger partial charge in [-0.1, -0.05) is 0 Å². The Hall–Kier alpha value is -2.60. The third-order valence-corrected chi connectivity index (χ3v) is 1.90. The van der Waals surface area contributed by atoms with Crippen LogP contribution in [-0.2, 0) is 0 Å². The van der Waals surface area contributed by atoms with Gasteiger partial charge in [0.1, 0.15) is 0 Å². The average Bonchev–Trinajstić information content (AvgIpc) is 2.48. The summed E-state index contributed by atoms with van der Waals surface area (Å²) >= 11 is 0. The summed E-state index contributed by atoms with van der Waals surface area (Å²) in [6.45, 7) is 15.3. The monoisotopic (exact) mass is 180 g/mol. The highest BCUT2D eigenvalue weighted by molar-refractivity contribution is 5.81. The van der Waals surface area contributed by atoms with Crippen LogP contribution < -0.4 is 0 Å². The van der Waals surface area contributed by atoms with E-state index >= 15 is 0 Å². The number of hydrogen-bond acceptors (Lipinski definition) is 2. The van der Waals surface area contributed by atoms with Gasteiger partial charge in [0, 0.05) is 5.57 Å². The summed E-state index contributed by atoms with van der Waals surface area (Å²) < 4.78 is 0. The minimum Gasteiger partial charge on any atom is -0.258 e. The van der Waals surface area contributed by atoms with Crippen molar-refractivity contribution in [3.8, 4) is 6.07 Å². The quantitative estimate of drug-likeness (QED) is 0.450. The number of allylic oxidation sites excluding steroid dienone is 3. The van der Waals surface area contributed by atoms with Gasteiger partial charge in [-0.2, -0.15) is 5.26 Å². The van der Waals surface area contributed by atoms with Crippen molar-refractivity contribution in [1.82, 2.24) is 0 Å². The Balaban J connectivity index is 3.66. The van der Waals surface area contributed by atoms with Crippen LogP contribution >= 0.6 is 0 Å². The third-order valence-electron chi connectivity index (χ3n) is 1.90. The van der Waals surface area contributed by atoms with E-state index in [1.807, 2.05) is 6.07 Å². The van der Waals surface area contributed by atoms with Gasteiger partial charge in [-0.25, -0.2) is 9.69 Å². The highest BCUT2D eigenvalue weighted by Gasteiger charge is 2.27. The summed E-state index contributed by atoms with van der Waals surface area (Å²) in [4.78, 5) is 6.31. The Bertz CT molecular complexity index is 534. The maximum absolute atomic E-state index is 8.78. The Morgan fingerprint density at radius 3 is 2.21 bits per heavy atom. The second-order valence-electron chi connectivity index (χ2n) is 2.53. The van der Waals surface area contributed by atoms with Gasteiger partial charge >= 0.3 is 0 Å². The molecule has 0 saturated carbocycles. The maximum atomic E-state index is 8.78. The zero-order valence-corrected chi connectivity index (χ0v) is 7.34. The van der Waals surface area contributed by atoms with E-state index in [0.717, 1.165) is 0 Å². The normalized spacial score (nSPS) is 14.6. The highest BCUT2D eigenvalue weighted by atomic mass is 14.8. The molecule has 14 heavy (non-hydrogen) atoms. The van der Waals surface area contributed by atoms with Gasteiger partial charge in [-0.15, -0.1) is 0 Å². The highest BCUT2D eigenvalue weighted by Crippen LogP contribution is 2.36. The van der Waals surface area contributed by atoms with Crippen LogP contribution in [0.5, 0.6) is 0 Å². The molecule has 0 fully saturated rings. The van der Waals surface area contributed by atoms with Crippen molar-refractivity contribution in [3.63, 3.8) is 0 Å². The summed E-state index contributed by atoms with van der Waals surface area (Å²) in [5, 5.41) is 15.8. The Morgan fingerprint density at radius 2 is 1.86 bits per heavy atom. The fraction of sp³-hybridized carbons (Fsp3) is 0.100. The van der Waals surface area contributed by atoms with Crippen molar-refractivity contribution in [2.24, 2.45) is 0 Å². The van der Waals surface area contributed by atoms with Crippen LogP contribution in [0.1, 0.15) is 6.92 Å². The molecule has 0 atom stereocenters. The minimum absolute atomic E-state index is 0.0368. The van der Waals surface area contributed by atoms with E-state index in [9.17, 15) is 0 Å². The van der Waals surface area contributed by atoms with E-state index in [0.29, 0.717) is 5.57 Å². The van der Waals surface area contributed by atoms with E-state index < -0.39 is 0 Å². The maximum Gasteiger partial charge on any atom is 0.213 e. The van der Waals surface area contributed by atoms with Crippen molar-refractivity contribution in [2.75, 3.05) is 0 Å². The number of nitrogens with zero attached hydrogens (tertiary/aromatic N) is 3. The second kappa shape index (κ2) is 3.42. The molecule has 1 aliphatic carbocycles. The van der Waals surface area contributed by atoms with Gasteiger partial charge < -0.3 is 0 Å². The number of hydrogen-bond donors (Lipinski definition) is 1. The number of nitrogens with one attached hydrogen (secondary N) is 1. The molecule has 0 spiro atoms. The molecular weight excluding hydrogens is 176 g/mol. The summed E-state index contributed by atoms with van der Waals surface area (Å²) in [6.07, 6.45) is 0. The molecule has 0 saturated heterocycles. The van der Waals surface area contributed by atoms with Gasteiger partial charge in [-0.3, -0.25) is 5.41 Å². The summed E-state index contributed by atoms with van der Waals surface area (Å²) in [7, 11) is 0. The standard InChI is InChI=1S/C10H4N4/c1-6-7(4-11)8(5-12)10(14-3)9(6)13-2/h11H,1H3. The van der Waals surface area contributed by atoms with E-state index in [4.69, 9.17) is 23.8 Å². The lowest BCUT2D eigenvalue weighted by Gasteiger charge is -1.94. The molecule has 0 radical (unpaired) electrons. The molecule has 4 heteroatoms. The minimum atomic E-state index is 0.0368. The zero-order valence-electron chi connectivity index (χ0n) is 7.34. The smallest absolute Gasteiger partial charge is 0.213 e. The fourth-order valence-corrected chi connectivity index (χ4v) is 1.23. The Kier molecular flexibility index (Phi) is 2.32. The van der Waals surface area contributed by atoms with Crippen molar-refractivity contribution < 1.29 is 0 Å². The molecule has 0 amide bonds. The molecule has 0 aliphatic heterocycles. The van der Waals surface area contributed by atoms with Crippen LogP contribution in [0.25, 0.3) is 9.69 Å². The van der Waals surface area contributed by atoms with E-state index in [-0.39, 0.29) is 22.5 Å². The van der Waals surface area contributed by atoms with Gasteiger partial charge in [0.05, 0.1) is 24.8 Å². The topological polar surface area (TPSA) is 56.4 Å². The molecule has 1 aliphatic rings. The van der Waals surface area contributed by atoms with Gasteiger partial charge in [0.25, 0.3) is 0 Å². The van der Waals surface area contributed by atoms with Crippen molar-refractivity contribution in [3.05, 3.63) is 50.9 Å². The number of rotatable bonds is 0. The van der Waals surface area contributed by atoms with Crippen LogP contribution in [0.3, 0.4) is 0 Å². The van der Waals surface area contributed by atoms with Crippen LogP contribution in [-0.4, -0.2) is 5.87 Å². The van der Waals surface area contributed by atoms with Crippen molar-refractivity contribution in [2.45, 2.75) is 6.92 Å². The lowest BCUT2D eigenvalue weighted by Crippen LogP contribution is -1.84. The SMILES string of the molecule is [C-]#[N+]C1=C(C)C(=C=N)C(C#N)=C1[N+]#[C-]. The lowest BCUT2D eigenvalue weighted by atomic mass is 10.1. The van der Waals surface area contributed by atoms with Crippen LogP contribution in [0, 0.1) is 29.9 Å². The molecule has 0 aromatic carbocycles. The predicted octanol–water partition coefficient (Wildman–Crippen LogP) is 2.07. The third kappa shape index (κ3) is 1.03. The molecule has 1 rings (SSSR count). The Labute approximate surface area is 81.2 Å². The van der Waals surface area contributed by atoms with Gasteiger partial charge in [0.15, 0.2) is 5.70 Å². The molecule has 0 aromatic heterocycles. The van der Waals surface area contributed by atoms with Crippen LogP contribution in [0.4, 0.5) is 0 Å².